The third-order valence-corrected chi connectivity index (χ3v) is 3.75. The molecule has 0 saturated carbocycles. The molecule has 2 aromatic carbocycles. The van der Waals surface area contributed by atoms with Gasteiger partial charge in [-0.2, -0.15) is 0 Å². The second-order valence-electron chi connectivity index (χ2n) is 4.12. The number of nitrogens with zero attached hydrogens (tertiary/aromatic N) is 1. The van der Waals surface area contributed by atoms with Crippen molar-refractivity contribution in [2.45, 2.75) is 9.92 Å². The topological polar surface area (TPSA) is 53.4 Å². The average molecular weight is 269 g/mol. The summed E-state index contributed by atoms with van der Waals surface area (Å²) in [6, 6.07) is 14.1. The highest BCUT2D eigenvalue weighted by Gasteiger charge is 2.06. The van der Waals surface area contributed by atoms with Gasteiger partial charge < -0.3 is 10.2 Å². The standard InChI is InChI=1S/C15H11NO2S/c17-11-2-1-3-13(8-11)19-15-14-9-12(18)5-4-10(14)6-7-16-15/h1-9,17-18H. The molecule has 0 aliphatic carbocycles. The first kappa shape index (κ1) is 11.9. The summed E-state index contributed by atoms with van der Waals surface area (Å²) in [5.74, 6) is 0.450. The Morgan fingerprint density at radius 3 is 2.58 bits per heavy atom. The molecule has 4 heteroatoms. The van der Waals surface area contributed by atoms with Gasteiger partial charge in [-0.05, 0) is 41.8 Å². The van der Waals surface area contributed by atoms with E-state index >= 15 is 0 Å². The van der Waals surface area contributed by atoms with Gasteiger partial charge >= 0.3 is 0 Å². The highest BCUT2D eigenvalue weighted by atomic mass is 32.2. The molecule has 3 nitrogen and oxygen atoms in total. The first-order valence-corrected chi connectivity index (χ1v) is 6.59. The lowest BCUT2D eigenvalue weighted by Crippen LogP contribution is -1.83. The fraction of sp³-hybridized carbons (Fsp3) is 0. The summed E-state index contributed by atoms with van der Waals surface area (Å²) in [5.41, 5.74) is 0. The number of rotatable bonds is 2. The van der Waals surface area contributed by atoms with Crippen LogP contribution in [-0.4, -0.2) is 15.2 Å². The van der Waals surface area contributed by atoms with Crippen molar-refractivity contribution in [3.63, 3.8) is 0 Å². The maximum absolute atomic E-state index is 9.59. The molecule has 0 aliphatic rings. The Bertz CT molecular complexity index is 743. The van der Waals surface area contributed by atoms with Crippen molar-refractivity contribution in [3.8, 4) is 11.5 Å². The van der Waals surface area contributed by atoms with Gasteiger partial charge in [0, 0.05) is 16.5 Å². The molecule has 1 aromatic heterocycles. The normalized spacial score (nSPS) is 10.7. The Hall–Kier alpha value is -2.20. The van der Waals surface area contributed by atoms with Crippen LogP contribution in [0.1, 0.15) is 0 Å². The number of hydrogen-bond acceptors (Lipinski definition) is 4. The van der Waals surface area contributed by atoms with Crippen LogP contribution in [0.3, 0.4) is 0 Å². The molecular weight excluding hydrogens is 258 g/mol. The predicted octanol–water partition coefficient (Wildman–Crippen LogP) is 3.80. The molecule has 94 valence electrons. The van der Waals surface area contributed by atoms with E-state index in [-0.39, 0.29) is 11.5 Å². The zero-order valence-corrected chi connectivity index (χ0v) is 10.8. The van der Waals surface area contributed by atoms with Crippen molar-refractivity contribution in [3.05, 3.63) is 54.7 Å². The number of pyridine rings is 1. The Kier molecular flexibility index (Phi) is 3.01. The van der Waals surface area contributed by atoms with E-state index < -0.39 is 0 Å². The van der Waals surface area contributed by atoms with E-state index in [4.69, 9.17) is 0 Å². The third-order valence-electron chi connectivity index (χ3n) is 2.75. The van der Waals surface area contributed by atoms with Gasteiger partial charge in [-0.3, -0.25) is 0 Å². The molecule has 2 N–H and O–H groups in total. The van der Waals surface area contributed by atoms with Crippen LogP contribution in [0.4, 0.5) is 0 Å². The fourth-order valence-corrected chi connectivity index (χ4v) is 2.82. The van der Waals surface area contributed by atoms with Crippen LogP contribution in [-0.2, 0) is 0 Å². The summed E-state index contributed by atoms with van der Waals surface area (Å²) in [6.07, 6.45) is 1.74. The summed E-state index contributed by atoms with van der Waals surface area (Å²) in [6.45, 7) is 0. The van der Waals surface area contributed by atoms with Crippen molar-refractivity contribution in [1.82, 2.24) is 4.98 Å². The summed E-state index contributed by atoms with van der Waals surface area (Å²) in [5, 5.41) is 21.8. The zero-order chi connectivity index (χ0) is 13.2. The minimum absolute atomic E-state index is 0.221. The molecule has 0 amide bonds. The average Bonchev–Trinajstić information content (AvgIpc) is 2.39. The van der Waals surface area contributed by atoms with E-state index in [2.05, 4.69) is 4.98 Å². The minimum atomic E-state index is 0.221. The van der Waals surface area contributed by atoms with Crippen LogP contribution in [0.25, 0.3) is 10.8 Å². The van der Waals surface area contributed by atoms with Gasteiger partial charge in [0.05, 0.1) is 0 Å². The first-order valence-electron chi connectivity index (χ1n) is 5.77. The number of hydrogen-bond donors (Lipinski definition) is 2. The maximum Gasteiger partial charge on any atom is 0.116 e. The van der Waals surface area contributed by atoms with Crippen molar-refractivity contribution >= 4 is 22.5 Å². The summed E-state index contributed by atoms with van der Waals surface area (Å²) < 4.78 is 0. The summed E-state index contributed by atoms with van der Waals surface area (Å²) >= 11 is 1.46. The number of aromatic hydroxyl groups is 2. The van der Waals surface area contributed by atoms with E-state index in [1.54, 1.807) is 36.5 Å². The molecule has 0 saturated heterocycles. The maximum atomic E-state index is 9.59. The highest BCUT2D eigenvalue weighted by Crippen LogP contribution is 2.34. The van der Waals surface area contributed by atoms with Gasteiger partial charge in [-0.15, -0.1) is 0 Å². The molecule has 1 heterocycles. The summed E-state index contributed by atoms with van der Waals surface area (Å²) in [7, 11) is 0. The Morgan fingerprint density at radius 2 is 1.74 bits per heavy atom. The number of aromatic nitrogens is 1. The van der Waals surface area contributed by atoms with Gasteiger partial charge in [0.25, 0.3) is 0 Å². The quantitative estimate of drug-likeness (QED) is 0.743. The minimum Gasteiger partial charge on any atom is -0.508 e. The molecule has 0 fully saturated rings. The third kappa shape index (κ3) is 2.48. The second-order valence-corrected chi connectivity index (χ2v) is 5.18. The van der Waals surface area contributed by atoms with Crippen LogP contribution >= 0.6 is 11.8 Å². The molecule has 3 rings (SSSR count). The molecular formula is C15H11NO2S. The number of phenolic OH excluding ortho intramolecular Hbond substituents is 2. The van der Waals surface area contributed by atoms with Gasteiger partial charge in [0.15, 0.2) is 0 Å². The lowest BCUT2D eigenvalue weighted by atomic mass is 10.2. The van der Waals surface area contributed by atoms with Crippen molar-refractivity contribution < 1.29 is 10.2 Å². The smallest absolute Gasteiger partial charge is 0.116 e. The predicted molar refractivity (Wildman–Crippen MR) is 75.6 cm³/mol. The van der Waals surface area contributed by atoms with Gasteiger partial charge in [-0.1, -0.05) is 23.9 Å². The van der Waals surface area contributed by atoms with E-state index in [1.807, 2.05) is 18.2 Å². The number of fused-ring (bicyclic) bond motifs is 1. The largest absolute Gasteiger partial charge is 0.508 e. The van der Waals surface area contributed by atoms with Crippen LogP contribution in [0.15, 0.2) is 64.6 Å². The summed E-state index contributed by atoms with van der Waals surface area (Å²) in [4.78, 5) is 5.25. The Balaban J connectivity index is 2.07. The SMILES string of the molecule is Oc1cccc(Sc2nccc3ccc(O)cc23)c1. The van der Waals surface area contributed by atoms with Crippen LogP contribution in [0.2, 0.25) is 0 Å². The molecule has 0 radical (unpaired) electrons. The van der Waals surface area contributed by atoms with Crippen LogP contribution in [0.5, 0.6) is 11.5 Å². The number of phenols is 2. The van der Waals surface area contributed by atoms with E-state index in [1.165, 1.54) is 11.8 Å². The van der Waals surface area contributed by atoms with Crippen LogP contribution in [0, 0.1) is 0 Å². The van der Waals surface area contributed by atoms with Crippen molar-refractivity contribution in [1.29, 1.82) is 0 Å². The van der Waals surface area contributed by atoms with E-state index in [0.29, 0.717) is 0 Å². The molecule has 0 spiro atoms. The second kappa shape index (κ2) is 4.82. The van der Waals surface area contributed by atoms with E-state index in [9.17, 15) is 10.2 Å². The van der Waals surface area contributed by atoms with E-state index in [0.717, 1.165) is 20.7 Å². The van der Waals surface area contributed by atoms with Gasteiger partial charge in [0.1, 0.15) is 16.5 Å². The Labute approximate surface area is 114 Å². The molecule has 19 heavy (non-hydrogen) atoms. The zero-order valence-electron chi connectivity index (χ0n) is 9.95. The molecule has 3 aromatic rings. The fourth-order valence-electron chi connectivity index (χ4n) is 1.87. The van der Waals surface area contributed by atoms with Crippen molar-refractivity contribution in [2.75, 3.05) is 0 Å². The van der Waals surface area contributed by atoms with Crippen LogP contribution < -0.4 is 0 Å². The lowest BCUT2D eigenvalue weighted by molar-refractivity contribution is 0.473. The highest BCUT2D eigenvalue weighted by molar-refractivity contribution is 7.99. The Morgan fingerprint density at radius 1 is 0.895 bits per heavy atom. The monoisotopic (exact) mass is 269 g/mol. The first-order chi connectivity index (χ1) is 9.22. The molecule has 0 bridgehead atoms. The van der Waals surface area contributed by atoms with Gasteiger partial charge in [0.2, 0.25) is 0 Å². The molecule has 0 unspecified atom stereocenters. The van der Waals surface area contributed by atoms with Crippen molar-refractivity contribution in [2.24, 2.45) is 0 Å². The lowest BCUT2D eigenvalue weighted by Gasteiger charge is -2.06. The molecule has 0 aliphatic heterocycles. The number of benzene rings is 2. The molecule has 0 atom stereocenters. The van der Waals surface area contributed by atoms with Gasteiger partial charge in [-0.25, -0.2) is 4.98 Å².